The molecule has 1 saturated heterocycles. The zero-order chi connectivity index (χ0) is 35.1. The maximum atomic E-state index is 11.1. The van der Waals surface area contributed by atoms with Gasteiger partial charge in [0.1, 0.15) is 30.9 Å². The zero-order valence-electron chi connectivity index (χ0n) is 29.4. The van der Waals surface area contributed by atoms with Gasteiger partial charge in [-0.15, -0.1) is 0 Å². The number of benzene rings is 3. The smallest absolute Gasteiger partial charge is 0.167 e. The number of aromatic nitrogens is 4. The number of rotatable bonds is 21. The molecule has 10 nitrogen and oxygen atoms in total. The molecule has 3 heterocycles. The van der Waals surface area contributed by atoms with Crippen LogP contribution in [0.3, 0.4) is 0 Å². The van der Waals surface area contributed by atoms with Gasteiger partial charge in [0.05, 0.1) is 32.3 Å². The Morgan fingerprint density at radius 1 is 0.804 bits per heavy atom. The highest BCUT2D eigenvalue weighted by molar-refractivity contribution is 5.82. The van der Waals surface area contributed by atoms with E-state index in [1.165, 1.54) is 0 Å². The Morgan fingerprint density at radius 3 is 2.12 bits per heavy atom. The Bertz CT molecular complexity index is 1740. The van der Waals surface area contributed by atoms with E-state index in [4.69, 9.17) is 23.9 Å². The summed E-state index contributed by atoms with van der Waals surface area (Å²) in [7, 11) is 0. The van der Waals surface area contributed by atoms with Crippen LogP contribution in [-0.2, 0) is 43.5 Å². The summed E-state index contributed by atoms with van der Waals surface area (Å²) in [6, 6.07) is 30.4. The van der Waals surface area contributed by atoms with Gasteiger partial charge in [-0.3, -0.25) is 4.57 Å². The summed E-state index contributed by atoms with van der Waals surface area (Å²) in [5, 5.41) is 3.43. The number of hydrogen-bond donors (Lipinski definition) is 1. The van der Waals surface area contributed by atoms with E-state index >= 15 is 0 Å². The molecule has 5 aromatic rings. The first-order valence-corrected chi connectivity index (χ1v) is 18.2. The largest absolute Gasteiger partial charge is 0.375 e. The molecule has 10 heteroatoms. The normalized spacial score (nSPS) is 19.3. The maximum absolute atomic E-state index is 11.1. The Morgan fingerprint density at radius 2 is 1.45 bits per heavy atom. The van der Waals surface area contributed by atoms with E-state index in [0.717, 1.165) is 61.5 Å². The minimum atomic E-state index is -0.599. The summed E-state index contributed by atoms with van der Waals surface area (Å²) >= 11 is 0. The average Bonchev–Trinajstić information content (AvgIpc) is 3.76. The Hall–Kier alpha value is -4.48. The van der Waals surface area contributed by atoms with Crippen LogP contribution in [0.15, 0.2) is 104 Å². The number of imidazole rings is 1. The van der Waals surface area contributed by atoms with Crippen molar-refractivity contribution in [2.24, 2.45) is 0 Å². The number of ether oxygens (including phenoxy) is 4. The molecule has 0 spiro atoms. The summed E-state index contributed by atoms with van der Waals surface area (Å²) in [4.78, 5) is 25.1. The van der Waals surface area contributed by atoms with Crippen LogP contribution < -0.4 is 5.32 Å². The maximum Gasteiger partial charge on any atom is 0.167 e. The van der Waals surface area contributed by atoms with E-state index in [1.807, 2.05) is 59.2 Å². The number of nitrogens with one attached hydrogen (secondary N) is 1. The van der Waals surface area contributed by atoms with Crippen molar-refractivity contribution in [2.75, 3.05) is 11.9 Å². The highest BCUT2D eigenvalue weighted by Crippen LogP contribution is 2.37. The molecule has 2 aromatic heterocycles. The van der Waals surface area contributed by atoms with Crippen LogP contribution in [0.1, 0.15) is 74.8 Å². The number of carbonyl (C=O) groups is 1. The number of nitrogens with zero attached hydrogens (tertiary/aromatic N) is 4. The summed E-state index contributed by atoms with van der Waals surface area (Å²) in [6.45, 7) is 3.89. The third-order valence-electron chi connectivity index (χ3n) is 9.27. The van der Waals surface area contributed by atoms with Gasteiger partial charge in [0.2, 0.25) is 0 Å². The lowest BCUT2D eigenvalue weighted by Gasteiger charge is -2.26. The van der Waals surface area contributed by atoms with E-state index in [2.05, 4.69) is 58.6 Å². The minimum Gasteiger partial charge on any atom is -0.375 e. The van der Waals surface area contributed by atoms with Crippen LogP contribution in [0.5, 0.6) is 0 Å². The molecular formula is C41H49N5O5. The van der Waals surface area contributed by atoms with Crippen molar-refractivity contribution >= 4 is 23.3 Å². The molecule has 5 atom stereocenters. The molecule has 0 radical (unpaired) electrons. The van der Waals surface area contributed by atoms with E-state index in [1.54, 1.807) is 12.7 Å². The lowest BCUT2D eigenvalue weighted by Crippen LogP contribution is -2.39. The number of carbonyl (C=O) groups excluding carboxylic acids is 1. The Kier molecular flexibility index (Phi) is 13.7. The standard InChI is InChI=1S/C41H49N5O5/c1-2-3-7-22-34(23-14-15-24-47)48-28-35-37(49-26-32-18-10-5-11-19-32)38(50-27-33-20-12-6-13-21-33)41(51-35)46-30-45-36-39(43-29-44-40(36)46)42-25-31-16-8-4-9-17-31/h4-6,8-13,16-21,24,29-30,34-35,37-38,41H,2-3,7,14-15,22-23,25-28H2,1H3,(H,42,43,44)/t34?,35-,37-,38-,41-/m1/s1. The van der Waals surface area contributed by atoms with E-state index in [9.17, 15) is 4.79 Å². The lowest BCUT2D eigenvalue weighted by molar-refractivity contribution is -0.108. The summed E-state index contributed by atoms with van der Waals surface area (Å²) < 4.78 is 28.9. The third kappa shape index (κ3) is 10.1. The predicted octanol–water partition coefficient (Wildman–Crippen LogP) is 7.84. The molecule has 51 heavy (non-hydrogen) atoms. The summed E-state index contributed by atoms with van der Waals surface area (Å²) in [5.41, 5.74) is 4.52. The van der Waals surface area contributed by atoms with Crippen LogP contribution in [0, 0.1) is 0 Å². The van der Waals surface area contributed by atoms with Gasteiger partial charge >= 0.3 is 0 Å². The third-order valence-corrected chi connectivity index (χ3v) is 9.27. The van der Waals surface area contributed by atoms with Crippen LogP contribution in [0.25, 0.3) is 11.2 Å². The van der Waals surface area contributed by atoms with Crippen molar-refractivity contribution in [2.45, 2.75) is 102 Å². The number of aldehydes is 1. The van der Waals surface area contributed by atoms with Crippen LogP contribution >= 0.6 is 0 Å². The van der Waals surface area contributed by atoms with Crippen LogP contribution in [0.2, 0.25) is 0 Å². The van der Waals surface area contributed by atoms with Gasteiger partial charge in [-0.25, -0.2) is 15.0 Å². The molecule has 1 aliphatic rings. The molecule has 0 amide bonds. The SMILES string of the molecule is CCCCCC(CCCC=O)OC[C@H]1O[C@@H](n2cnc3c(NCc4ccccc4)ncnc32)[C@H](OCc2ccccc2)[C@@H]1OCc1ccccc1. The first-order valence-electron chi connectivity index (χ1n) is 18.2. The van der Waals surface area contributed by atoms with Gasteiger partial charge in [-0.2, -0.15) is 0 Å². The molecule has 1 fully saturated rings. The van der Waals surface area contributed by atoms with Crippen molar-refractivity contribution in [1.82, 2.24) is 19.5 Å². The molecule has 3 aromatic carbocycles. The topological polar surface area (TPSA) is 110 Å². The van der Waals surface area contributed by atoms with Gasteiger partial charge in [-0.05, 0) is 36.0 Å². The molecule has 1 unspecified atom stereocenters. The number of hydrogen-bond acceptors (Lipinski definition) is 9. The lowest BCUT2D eigenvalue weighted by atomic mass is 10.0. The minimum absolute atomic E-state index is 0.0256. The van der Waals surface area contributed by atoms with E-state index < -0.39 is 24.5 Å². The average molecular weight is 692 g/mol. The van der Waals surface area contributed by atoms with E-state index in [-0.39, 0.29) is 6.10 Å². The second-order valence-electron chi connectivity index (χ2n) is 13.0. The fourth-order valence-electron chi connectivity index (χ4n) is 6.52. The molecule has 268 valence electrons. The van der Waals surface area contributed by atoms with Crippen molar-refractivity contribution in [3.05, 3.63) is 120 Å². The van der Waals surface area contributed by atoms with Gasteiger partial charge in [0, 0.05) is 13.0 Å². The van der Waals surface area contributed by atoms with E-state index in [0.29, 0.717) is 49.8 Å². The summed E-state index contributed by atoms with van der Waals surface area (Å²) in [6.07, 6.45) is 8.76. The van der Waals surface area contributed by atoms with Gasteiger partial charge in [0.25, 0.3) is 0 Å². The van der Waals surface area contributed by atoms with Gasteiger partial charge in [-0.1, -0.05) is 117 Å². The number of anilines is 1. The number of unbranched alkanes of at least 4 members (excludes halogenated alkanes) is 3. The summed E-state index contributed by atoms with van der Waals surface area (Å²) in [5.74, 6) is 0.643. The molecule has 0 saturated carbocycles. The molecular weight excluding hydrogens is 642 g/mol. The van der Waals surface area contributed by atoms with Gasteiger partial charge < -0.3 is 29.1 Å². The van der Waals surface area contributed by atoms with Gasteiger partial charge in [0.15, 0.2) is 23.2 Å². The quantitative estimate of drug-likeness (QED) is 0.0608. The molecule has 6 rings (SSSR count). The van der Waals surface area contributed by atoms with Crippen molar-refractivity contribution in [3.8, 4) is 0 Å². The first kappa shape index (κ1) is 36.3. The second kappa shape index (κ2) is 19.2. The van der Waals surface area contributed by atoms with Crippen molar-refractivity contribution < 1.29 is 23.7 Å². The number of fused-ring (bicyclic) bond motifs is 1. The van der Waals surface area contributed by atoms with Crippen LogP contribution in [0.4, 0.5) is 5.82 Å². The molecule has 0 aliphatic carbocycles. The Balaban J connectivity index is 1.29. The Labute approximate surface area is 300 Å². The van der Waals surface area contributed by atoms with Crippen molar-refractivity contribution in [3.63, 3.8) is 0 Å². The zero-order valence-corrected chi connectivity index (χ0v) is 29.4. The molecule has 0 bridgehead atoms. The highest BCUT2D eigenvalue weighted by atomic mass is 16.6. The van der Waals surface area contributed by atoms with Crippen LogP contribution in [-0.4, -0.2) is 56.8 Å². The first-order chi connectivity index (χ1) is 25.2. The monoisotopic (exact) mass is 691 g/mol. The second-order valence-corrected chi connectivity index (χ2v) is 13.0. The highest BCUT2D eigenvalue weighted by Gasteiger charge is 2.48. The fourth-order valence-corrected chi connectivity index (χ4v) is 6.52. The van der Waals surface area contributed by atoms with Crippen molar-refractivity contribution in [1.29, 1.82) is 0 Å². The molecule has 1 N–H and O–H groups in total. The molecule has 1 aliphatic heterocycles. The predicted molar refractivity (Wildman–Crippen MR) is 197 cm³/mol. The fraction of sp³-hybridized carbons (Fsp3) is 0.415.